The number of nitrogens with one attached hydrogen (secondary N) is 1. The zero-order valence-corrected chi connectivity index (χ0v) is 12.8. The number of halogens is 3. The van der Waals surface area contributed by atoms with Gasteiger partial charge in [0.2, 0.25) is 5.91 Å². The van der Waals surface area contributed by atoms with Crippen molar-refractivity contribution in [3.8, 4) is 0 Å². The molecule has 23 heavy (non-hydrogen) atoms. The number of piperidine rings is 1. The summed E-state index contributed by atoms with van der Waals surface area (Å²) in [6, 6.07) is 7.40. The molecule has 0 aliphatic carbocycles. The largest absolute Gasteiger partial charge is 0.471 e. The van der Waals surface area contributed by atoms with Gasteiger partial charge in [0, 0.05) is 19.1 Å². The van der Waals surface area contributed by atoms with Gasteiger partial charge in [0.1, 0.15) is 0 Å². The number of carbonyl (C=O) groups excluding carboxylic acids is 2. The molecular formula is C16H19F3N2O2. The van der Waals surface area contributed by atoms with E-state index in [1.54, 1.807) is 0 Å². The summed E-state index contributed by atoms with van der Waals surface area (Å²) in [6.45, 7) is 1.97. The van der Waals surface area contributed by atoms with Gasteiger partial charge in [0.05, 0.1) is 6.42 Å². The molecule has 1 heterocycles. The number of rotatable bonds is 3. The zero-order valence-electron chi connectivity index (χ0n) is 12.8. The molecule has 0 radical (unpaired) electrons. The van der Waals surface area contributed by atoms with E-state index in [1.807, 2.05) is 31.2 Å². The van der Waals surface area contributed by atoms with Gasteiger partial charge in [0.25, 0.3) is 0 Å². The summed E-state index contributed by atoms with van der Waals surface area (Å²) in [6.07, 6.45) is -3.92. The third-order valence-corrected chi connectivity index (χ3v) is 3.88. The normalized spacial score (nSPS) is 16.3. The summed E-state index contributed by atoms with van der Waals surface area (Å²) >= 11 is 0. The number of aryl methyl sites for hydroxylation is 1. The number of benzene rings is 1. The molecule has 126 valence electrons. The Morgan fingerprint density at radius 1 is 1.17 bits per heavy atom. The van der Waals surface area contributed by atoms with Crippen molar-refractivity contribution in [3.63, 3.8) is 0 Å². The van der Waals surface area contributed by atoms with Gasteiger partial charge < -0.3 is 10.2 Å². The predicted molar refractivity (Wildman–Crippen MR) is 78.7 cm³/mol. The van der Waals surface area contributed by atoms with Crippen LogP contribution < -0.4 is 5.32 Å². The maximum Gasteiger partial charge on any atom is 0.471 e. The van der Waals surface area contributed by atoms with Crippen molar-refractivity contribution in [1.82, 2.24) is 10.2 Å². The Kier molecular flexibility index (Phi) is 5.28. The number of alkyl halides is 3. The van der Waals surface area contributed by atoms with Gasteiger partial charge in [-0.3, -0.25) is 9.59 Å². The molecule has 0 saturated carbocycles. The van der Waals surface area contributed by atoms with Crippen molar-refractivity contribution in [2.75, 3.05) is 13.1 Å². The number of hydrogen-bond donors (Lipinski definition) is 1. The molecule has 1 N–H and O–H groups in total. The van der Waals surface area contributed by atoms with Gasteiger partial charge >= 0.3 is 12.1 Å². The molecule has 0 atom stereocenters. The second-order valence-electron chi connectivity index (χ2n) is 5.79. The van der Waals surface area contributed by atoms with Crippen LogP contribution in [0.25, 0.3) is 0 Å². The van der Waals surface area contributed by atoms with Crippen molar-refractivity contribution in [1.29, 1.82) is 0 Å². The second-order valence-corrected chi connectivity index (χ2v) is 5.79. The zero-order chi connectivity index (χ0) is 17.0. The number of hydrogen-bond acceptors (Lipinski definition) is 2. The summed E-state index contributed by atoms with van der Waals surface area (Å²) < 4.78 is 37.1. The molecule has 0 unspecified atom stereocenters. The fraction of sp³-hybridized carbons (Fsp3) is 0.500. The fourth-order valence-corrected chi connectivity index (χ4v) is 2.58. The van der Waals surface area contributed by atoms with E-state index in [-0.39, 0.29) is 31.5 Å². The molecule has 1 fully saturated rings. The van der Waals surface area contributed by atoms with Crippen LogP contribution in [0.15, 0.2) is 24.3 Å². The first-order valence-electron chi connectivity index (χ1n) is 7.46. The van der Waals surface area contributed by atoms with Gasteiger partial charge in [-0.05, 0) is 25.3 Å². The minimum atomic E-state index is -4.83. The summed E-state index contributed by atoms with van der Waals surface area (Å²) in [5, 5.41) is 2.82. The first-order valence-corrected chi connectivity index (χ1v) is 7.46. The van der Waals surface area contributed by atoms with E-state index < -0.39 is 12.1 Å². The topological polar surface area (TPSA) is 49.4 Å². The van der Waals surface area contributed by atoms with Crippen LogP contribution in [0.1, 0.15) is 24.0 Å². The van der Waals surface area contributed by atoms with Crippen LogP contribution in [0.2, 0.25) is 0 Å². The molecule has 0 bridgehead atoms. The molecule has 7 heteroatoms. The molecular weight excluding hydrogens is 309 g/mol. The highest BCUT2D eigenvalue weighted by Gasteiger charge is 2.43. The van der Waals surface area contributed by atoms with E-state index in [2.05, 4.69) is 5.32 Å². The van der Waals surface area contributed by atoms with E-state index in [9.17, 15) is 22.8 Å². The lowest BCUT2D eigenvalue weighted by Crippen LogP contribution is -2.50. The highest BCUT2D eigenvalue weighted by atomic mass is 19.4. The number of carbonyl (C=O) groups is 2. The Bertz CT molecular complexity index is 562. The van der Waals surface area contributed by atoms with Crippen LogP contribution in [0, 0.1) is 6.92 Å². The Hall–Kier alpha value is -2.05. The first kappa shape index (κ1) is 17.3. The fourth-order valence-electron chi connectivity index (χ4n) is 2.58. The van der Waals surface area contributed by atoms with Crippen LogP contribution in [0.5, 0.6) is 0 Å². The maximum absolute atomic E-state index is 12.4. The molecule has 1 aliphatic heterocycles. The van der Waals surface area contributed by atoms with Crippen LogP contribution in [-0.4, -0.2) is 42.0 Å². The third-order valence-electron chi connectivity index (χ3n) is 3.88. The van der Waals surface area contributed by atoms with Crippen molar-refractivity contribution in [2.24, 2.45) is 0 Å². The van der Waals surface area contributed by atoms with E-state index >= 15 is 0 Å². The Balaban J connectivity index is 1.79. The van der Waals surface area contributed by atoms with E-state index in [1.165, 1.54) is 0 Å². The summed E-state index contributed by atoms with van der Waals surface area (Å²) in [7, 11) is 0. The van der Waals surface area contributed by atoms with Crippen molar-refractivity contribution < 1.29 is 22.8 Å². The maximum atomic E-state index is 12.4. The van der Waals surface area contributed by atoms with Crippen molar-refractivity contribution in [2.45, 2.75) is 38.4 Å². The number of amides is 2. The summed E-state index contributed by atoms with van der Waals surface area (Å²) in [5.74, 6) is -1.96. The third kappa shape index (κ3) is 4.97. The van der Waals surface area contributed by atoms with Crippen LogP contribution in [-0.2, 0) is 16.0 Å². The van der Waals surface area contributed by atoms with Crippen LogP contribution in [0.4, 0.5) is 13.2 Å². The Labute approximate surface area is 132 Å². The van der Waals surface area contributed by atoms with Crippen LogP contribution in [0.3, 0.4) is 0 Å². The molecule has 1 aromatic carbocycles. The first-order chi connectivity index (χ1) is 10.8. The van der Waals surface area contributed by atoms with Gasteiger partial charge in [-0.25, -0.2) is 0 Å². The summed E-state index contributed by atoms with van der Waals surface area (Å²) in [4.78, 5) is 23.9. The van der Waals surface area contributed by atoms with E-state index in [0.29, 0.717) is 12.8 Å². The number of likely N-dealkylation sites (tertiary alicyclic amines) is 1. The minimum absolute atomic E-state index is 0.00776. The molecule has 1 aromatic rings. The van der Waals surface area contributed by atoms with E-state index in [4.69, 9.17) is 0 Å². The second kappa shape index (κ2) is 7.02. The van der Waals surface area contributed by atoms with Gasteiger partial charge in [-0.15, -0.1) is 0 Å². The van der Waals surface area contributed by atoms with Crippen molar-refractivity contribution >= 4 is 11.8 Å². The molecule has 2 rings (SSSR count). The molecule has 0 spiro atoms. The van der Waals surface area contributed by atoms with Gasteiger partial charge in [0.15, 0.2) is 0 Å². The smallest absolute Gasteiger partial charge is 0.353 e. The van der Waals surface area contributed by atoms with E-state index in [0.717, 1.165) is 16.0 Å². The standard InChI is InChI=1S/C16H19F3N2O2/c1-11-2-4-12(5-3-11)10-14(22)20-13-6-8-21(9-7-13)15(23)16(17,18)19/h2-5,13H,6-10H2,1H3,(H,20,22). The minimum Gasteiger partial charge on any atom is -0.353 e. The van der Waals surface area contributed by atoms with Gasteiger partial charge in [-0.1, -0.05) is 29.8 Å². The Morgan fingerprint density at radius 3 is 2.26 bits per heavy atom. The SMILES string of the molecule is Cc1ccc(CC(=O)NC2CCN(C(=O)C(F)(F)F)CC2)cc1. The lowest BCUT2D eigenvalue weighted by molar-refractivity contribution is -0.186. The lowest BCUT2D eigenvalue weighted by Gasteiger charge is -2.32. The lowest BCUT2D eigenvalue weighted by atomic mass is 10.0. The molecule has 0 aromatic heterocycles. The Morgan fingerprint density at radius 2 is 1.74 bits per heavy atom. The van der Waals surface area contributed by atoms with Crippen LogP contribution >= 0.6 is 0 Å². The molecule has 1 aliphatic rings. The molecule has 1 saturated heterocycles. The predicted octanol–water partition coefficient (Wildman–Crippen LogP) is 2.21. The average Bonchev–Trinajstić information content (AvgIpc) is 2.49. The van der Waals surface area contributed by atoms with Crippen molar-refractivity contribution in [3.05, 3.63) is 35.4 Å². The highest BCUT2D eigenvalue weighted by molar-refractivity contribution is 5.82. The summed E-state index contributed by atoms with van der Waals surface area (Å²) in [5.41, 5.74) is 1.99. The highest BCUT2D eigenvalue weighted by Crippen LogP contribution is 2.21. The monoisotopic (exact) mass is 328 g/mol. The van der Waals surface area contributed by atoms with Gasteiger partial charge in [-0.2, -0.15) is 13.2 Å². The molecule has 2 amide bonds. The average molecular weight is 328 g/mol. The molecule has 4 nitrogen and oxygen atoms in total. The number of nitrogens with zero attached hydrogens (tertiary/aromatic N) is 1. The quantitative estimate of drug-likeness (QED) is 0.925.